The average molecular weight is 302 g/mol. The molecule has 1 aliphatic rings. The van der Waals surface area contributed by atoms with Crippen LogP contribution in [0.5, 0.6) is 0 Å². The fourth-order valence-electron chi connectivity index (χ4n) is 3.05. The molecule has 1 saturated heterocycles. The maximum absolute atomic E-state index is 12.7. The third-order valence-corrected chi connectivity index (χ3v) is 6.35. The van der Waals surface area contributed by atoms with Crippen molar-refractivity contribution in [1.29, 1.82) is 0 Å². The summed E-state index contributed by atoms with van der Waals surface area (Å²) in [5, 5.41) is 0. The molecule has 0 aliphatic carbocycles. The van der Waals surface area contributed by atoms with Gasteiger partial charge >= 0.3 is 7.67 Å². The van der Waals surface area contributed by atoms with Gasteiger partial charge in [0.05, 0.1) is 12.1 Å². The van der Waals surface area contributed by atoms with Gasteiger partial charge in [0.25, 0.3) is 0 Å². The largest absolute Gasteiger partial charge is 0.344 e. The summed E-state index contributed by atoms with van der Waals surface area (Å²) in [6.45, 7) is 0. The molecule has 3 rings (SSSR count). The lowest BCUT2D eigenvalue weighted by Crippen LogP contribution is -2.20. The highest BCUT2D eigenvalue weighted by molar-refractivity contribution is 7.53. The van der Waals surface area contributed by atoms with Gasteiger partial charge < -0.3 is 4.89 Å². The zero-order valence-corrected chi connectivity index (χ0v) is 13.0. The number of hydrogen-bond acceptors (Lipinski definition) is 1. The average Bonchev–Trinajstić information content (AvgIpc) is 2.69. The number of likely N-dealkylation sites (N-methyl/N-ethyl adjacent to an activating group) is 2. The van der Waals surface area contributed by atoms with Crippen LogP contribution in [0.15, 0.2) is 60.7 Å². The predicted molar refractivity (Wildman–Crippen MR) is 83.7 cm³/mol. The fraction of sp³-hybridized carbons (Fsp3) is 0.250. The summed E-state index contributed by atoms with van der Waals surface area (Å²) in [6.07, 6.45) is 0. The molecule has 1 aliphatic heterocycles. The highest BCUT2D eigenvalue weighted by atomic mass is 31.2. The Morgan fingerprint density at radius 2 is 1.14 bits per heavy atom. The highest BCUT2D eigenvalue weighted by Crippen LogP contribution is 2.65. The molecule has 21 heavy (non-hydrogen) atoms. The van der Waals surface area contributed by atoms with Crippen LogP contribution < -0.4 is 0 Å². The Morgan fingerprint density at radius 1 is 0.810 bits per heavy atom. The lowest BCUT2D eigenvalue weighted by molar-refractivity contribution is 0.316. The Kier molecular flexibility index (Phi) is 3.72. The minimum atomic E-state index is -3.50. The van der Waals surface area contributed by atoms with Crippen LogP contribution in [0.1, 0.15) is 23.2 Å². The van der Waals surface area contributed by atoms with Crippen molar-refractivity contribution in [3.05, 3.63) is 71.8 Å². The van der Waals surface area contributed by atoms with Gasteiger partial charge in [0.2, 0.25) is 0 Å². The molecule has 0 amide bonds. The molecule has 2 aromatic rings. The molecule has 1 N–H and O–H groups in total. The van der Waals surface area contributed by atoms with Crippen molar-refractivity contribution in [2.45, 2.75) is 12.1 Å². The van der Waals surface area contributed by atoms with E-state index in [-0.39, 0.29) is 12.1 Å². The molecule has 0 saturated carbocycles. The summed E-state index contributed by atoms with van der Waals surface area (Å²) in [6, 6.07) is 19.5. The molecule has 4 nitrogen and oxygen atoms in total. The number of benzene rings is 2. The zero-order valence-electron chi connectivity index (χ0n) is 12.1. The Labute approximate surface area is 125 Å². The van der Waals surface area contributed by atoms with E-state index in [9.17, 15) is 9.46 Å². The normalized spacial score (nSPS) is 26.0. The third kappa shape index (κ3) is 2.34. The van der Waals surface area contributed by atoms with E-state index in [2.05, 4.69) is 0 Å². The smallest absolute Gasteiger partial charge is 0.322 e. The molecule has 1 heterocycles. The molecule has 0 unspecified atom stereocenters. The second kappa shape index (κ2) is 5.39. The monoisotopic (exact) mass is 302 g/mol. The van der Waals surface area contributed by atoms with E-state index in [0.717, 1.165) is 11.1 Å². The van der Waals surface area contributed by atoms with E-state index in [1.165, 1.54) is 0 Å². The van der Waals surface area contributed by atoms with Crippen molar-refractivity contribution >= 4 is 7.67 Å². The molecular formula is C16H19N2O2P. The molecule has 0 radical (unpaired) electrons. The Balaban J connectivity index is 2.12. The zero-order chi connectivity index (χ0) is 15.0. The first-order chi connectivity index (χ1) is 10.0. The van der Waals surface area contributed by atoms with Crippen LogP contribution in [0, 0.1) is 0 Å². The van der Waals surface area contributed by atoms with E-state index in [1.807, 2.05) is 60.7 Å². The third-order valence-electron chi connectivity index (χ3n) is 4.21. The molecule has 0 spiro atoms. The maximum atomic E-state index is 12.7. The minimum absolute atomic E-state index is 0.144. The van der Waals surface area contributed by atoms with Crippen LogP contribution in [-0.2, 0) is 4.57 Å². The Morgan fingerprint density at radius 3 is 1.48 bits per heavy atom. The van der Waals surface area contributed by atoms with Gasteiger partial charge in [0, 0.05) is 0 Å². The Bertz CT molecular complexity index is 607. The van der Waals surface area contributed by atoms with E-state index in [1.54, 1.807) is 23.4 Å². The topological polar surface area (TPSA) is 43.8 Å². The van der Waals surface area contributed by atoms with Crippen molar-refractivity contribution in [3.8, 4) is 0 Å². The first kappa shape index (κ1) is 14.5. The Hall–Kier alpha value is -1.45. The van der Waals surface area contributed by atoms with E-state index < -0.39 is 7.67 Å². The minimum Gasteiger partial charge on any atom is -0.322 e. The van der Waals surface area contributed by atoms with Crippen LogP contribution in [0.2, 0.25) is 0 Å². The van der Waals surface area contributed by atoms with E-state index in [4.69, 9.17) is 0 Å². The van der Waals surface area contributed by atoms with Gasteiger partial charge in [-0.15, -0.1) is 0 Å². The SMILES string of the molecule is CN1[C@@H](c2ccccc2)[C@H](c2ccccc2)N(C)P1(=O)O. The number of hydrogen-bond donors (Lipinski definition) is 1. The standard InChI is InChI=1S/C16H19N2O2P/c1-17-15(13-9-5-3-6-10-13)16(18(2)21(17,19)20)14-11-7-4-8-12-14/h3-12,15-16H,1-2H3,(H,19,20)/t15-,16-/m0/s1. The quantitative estimate of drug-likeness (QED) is 0.863. The molecule has 5 heteroatoms. The molecule has 2 aromatic carbocycles. The van der Waals surface area contributed by atoms with Crippen molar-refractivity contribution in [3.63, 3.8) is 0 Å². The van der Waals surface area contributed by atoms with Gasteiger partial charge in [-0.1, -0.05) is 60.7 Å². The molecule has 1 fully saturated rings. The summed E-state index contributed by atoms with van der Waals surface area (Å²) < 4.78 is 15.8. The summed E-state index contributed by atoms with van der Waals surface area (Å²) in [5.41, 5.74) is 2.10. The van der Waals surface area contributed by atoms with Crippen LogP contribution in [0.4, 0.5) is 0 Å². The van der Waals surface area contributed by atoms with Crippen LogP contribution >= 0.6 is 7.67 Å². The van der Waals surface area contributed by atoms with Gasteiger partial charge in [-0.05, 0) is 25.2 Å². The van der Waals surface area contributed by atoms with Crippen LogP contribution in [0.3, 0.4) is 0 Å². The van der Waals surface area contributed by atoms with Crippen LogP contribution in [-0.4, -0.2) is 28.3 Å². The first-order valence-corrected chi connectivity index (χ1v) is 8.49. The molecular weight excluding hydrogens is 283 g/mol. The van der Waals surface area contributed by atoms with Crippen molar-refractivity contribution < 1.29 is 9.46 Å². The molecule has 0 bridgehead atoms. The van der Waals surface area contributed by atoms with E-state index >= 15 is 0 Å². The van der Waals surface area contributed by atoms with Gasteiger partial charge in [0.15, 0.2) is 0 Å². The molecule has 110 valence electrons. The number of nitrogens with zero attached hydrogens (tertiary/aromatic N) is 2. The first-order valence-electron chi connectivity index (χ1n) is 6.93. The highest BCUT2D eigenvalue weighted by Gasteiger charge is 2.51. The summed E-state index contributed by atoms with van der Waals surface area (Å²) in [7, 11) is -0.0616. The lowest BCUT2D eigenvalue weighted by atomic mass is 9.93. The van der Waals surface area contributed by atoms with Crippen LogP contribution in [0.25, 0.3) is 0 Å². The summed E-state index contributed by atoms with van der Waals surface area (Å²) in [4.78, 5) is 10.4. The fourth-order valence-corrected chi connectivity index (χ4v) is 4.66. The second-order valence-corrected chi connectivity index (χ2v) is 7.66. The van der Waals surface area contributed by atoms with E-state index in [0.29, 0.717) is 0 Å². The summed E-state index contributed by atoms with van der Waals surface area (Å²) >= 11 is 0. The summed E-state index contributed by atoms with van der Waals surface area (Å²) in [5.74, 6) is 0. The maximum Gasteiger partial charge on any atom is 0.344 e. The predicted octanol–water partition coefficient (Wildman–Crippen LogP) is 3.45. The van der Waals surface area contributed by atoms with Gasteiger partial charge in [0.1, 0.15) is 0 Å². The van der Waals surface area contributed by atoms with Gasteiger partial charge in [-0.2, -0.15) is 0 Å². The van der Waals surface area contributed by atoms with Gasteiger partial charge in [-0.3, -0.25) is 4.57 Å². The second-order valence-electron chi connectivity index (χ2n) is 5.37. The number of rotatable bonds is 2. The molecule has 0 aromatic heterocycles. The van der Waals surface area contributed by atoms with Crippen molar-refractivity contribution in [2.24, 2.45) is 0 Å². The lowest BCUT2D eigenvalue weighted by Gasteiger charge is -2.25. The van der Waals surface area contributed by atoms with Crippen molar-refractivity contribution in [1.82, 2.24) is 9.34 Å². The van der Waals surface area contributed by atoms with Crippen molar-refractivity contribution in [2.75, 3.05) is 14.1 Å². The molecule has 2 atom stereocenters. The van der Waals surface area contributed by atoms with Gasteiger partial charge in [-0.25, -0.2) is 9.34 Å².